The van der Waals surface area contributed by atoms with Gasteiger partial charge in [-0.3, -0.25) is 0 Å². The molecule has 10 nitrogen and oxygen atoms in total. The number of aliphatic hydroxyl groups excluding tert-OH is 1. The van der Waals surface area contributed by atoms with Crippen molar-refractivity contribution in [3.8, 4) is 45.5 Å². The second-order valence-corrected chi connectivity index (χ2v) is 12.5. The Hall–Kier alpha value is -5.13. The van der Waals surface area contributed by atoms with E-state index in [1.807, 2.05) is 54.4 Å². The second-order valence-electron chi connectivity index (χ2n) is 12.5. The van der Waals surface area contributed by atoms with Crippen LogP contribution in [0.5, 0.6) is 23.1 Å². The zero-order valence-corrected chi connectivity index (χ0v) is 28.3. The molecule has 0 amide bonds. The largest absolute Gasteiger partial charge is 0.491 e. The van der Waals surface area contributed by atoms with Crippen molar-refractivity contribution in [2.45, 2.75) is 57.3 Å². The van der Waals surface area contributed by atoms with Crippen molar-refractivity contribution in [1.29, 1.82) is 0 Å². The molecule has 5 aromatic rings. The van der Waals surface area contributed by atoms with Crippen molar-refractivity contribution < 1.29 is 23.7 Å². The molecule has 0 radical (unpaired) electrons. The maximum Gasteiger partial charge on any atom is 0.276 e. The summed E-state index contributed by atoms with van der Waals surface area (Å²) in [5.74, 6) is 2.20. The number of halogens is 1. The van der Waals surface area contributed by atoms with E-state index in [1.54, 1.807) is 25.4 Å². The summed E-state index contributed by atoms with van der Waals surface area (Å²) in [6, 6.07) is 22.2. The van der Waals surface area contributed by atoms with Crippen LogP contribution in [0.2, 0.25) is 0 Å². The van der Waals surface area contributed by atoms with E-state index < -0.39 is 6.10 Å². The van der Waals surface area contributed by atoms with Gasteiger partial charge in [0.05, 0.1) is 38.3 Å². The number of methoxy groups -OCH3 is 2. The van der Waals surface area contributed by atoms with E-state index in [9.17, 15) is 9.50 Å². The van der Waals surface area contributed by atoms with E-state index in [4.69, 9.17) is 14.2 Å². The Labute approximate surface area is 285 Å². The van der Waals surface area contributed by atoms with Crippen LogP contribution in [0, 0.1) is 5.82 Å². The summed E-state index contributed by atoms with van der Waals surface area (Å²) in [5.41, 5.74) is 5.35. The normalized spacial score (nSPS) is 17.3. The monoisotopic (exact) mass is 664 g/mol. The average Bonchev–Trinajstić information content (AvgIpc) is 3.51. The van der Waals surface area contributed by atoms with Crippen molar-refractivity contribution >= 4 is 5.82 Å². The molecular weight excluding hydrogens is 623 g/mol. The number of hydrogen-bond donors (Lipinski definition) is 2. The van der Waals surface area contributed by atoms with Crippen LogP contribution in [0.4, 0.5) is 10.2 Å². The molecule has 2 aromatic heterocycles. The fourth-order valence-corrected chi connectivity index (χ4v) is 6.39. The lowest BCUT2D eigenvalue weighted by Crippen LogP contribution is -2.38. The number of aromatic nitrogens is 4. The molecular formula is C38H41FN6O4. The number of likely N-dealkylation sites (N-methyl/N-ethyl adjacent to an activating group) is 1. The summed E-state index contributed by atoms with van der Waals surface area (Å²) in [5, 5.41) is 23.1. The van der Waals surface area contributed by atoms with E-state index in [0.717, 1.165) is 22.3 Å². The number of rotatable bonds is 12. The van der Waals surface area contributed by atoms with Gasteiger partial charge in [0.2, 0.25) is 0 Å². The number of aliphatic hydroxyl groups is 1. The minimum absolute atomic E-state index is 0.0845. The van der Waals surface area contributed by atoms with Crippen LogP contribution in [-0.4, -0.2) is 64.7 Å². The highest BCUT2D eigenvalue weighted by molar-refractivity contribution is 5.75. The Morgan fingerprint density at radius 3 is 2.47 bits per heavy atom. The molecule has 11 heteroatoms. The highest BCUT2D eigenvalue weighted by atomic mass is 19.1. The van der Waals surface area contributed by atoms with E-state index in [1.165, 1.54) is 25.6 Å². The average molecular weight is 665 g/mol. The molecule has 1 fully saturated rings. The minimum atomic E-state index is -0.587. The lowest BCUT2D eigenvalue weighted by atomic mass is 9.92. The minimum Gasteiger partial charge on any atom is -0.491 e. The fourth-order valence-electron chi connectivity index (χ4n) is 6.39. The zero-order chi connectivity index (χ0) is 34.5. The predicted octanol–water partition coefficient (Wildman–Crippen LogP) is 6.79. The van der Waals surface area contributed by atoms with Crippen LogP contribution in [0.25, 0.3) is 22.4 Å². The SMILES string of the molecule is COc1cc(-c2ccc(CN[C@H]3C[C@@H](O)[C@@H](N(C)c4ncncc4Oc4ccc(F)cc4-c4ccccc4C(C)C)C3)cc2)nnc1OC. The molecule has 0 saturated heterocycles. The maximum absolute atomic E-state index is 14.6. The van der Waals surface area contributed by atoms with E-state index in [2.05, 4.69) is 45.4 Å². The van der Waals surface area contributed by atoms with Gasteiger partial charge in [-0.25, -0.2) is 14.4 Å². The lowest BCUT2D eigenvalue weighted by Gasteiger charge is -2.29. The predicted molar refractivity (Wildman–Crippen MR) is 187 cm³/mol. The van der Waals surface area contributed by atoms with Crippen molar-refractivity contribution in [2.24, 2.45) is 0 Å². The molecule has 0 aliphatic heterocycles. The Bertz CT molecular complexity index is 1890. The molecule has 6 rings (SSSR count). The molecule has 0 unspecified atom stereocenters. The zero-order valence-electron chi connectivity index (χ0n) is 28.3. The van der Waals surface area contributed by atoms with E-state index in [-0.39, 0.29) is 23.8 Å². The van der Waals surface area contributed by atoms with Gasteiger partial charge >= 0.3 is 0 Å². The maximum atomic E-state index is 14.6. The molecule has 2 N–H and O–H groups in total. The molecule has 3 atom stereocenters. The molecule has 254 valence electrons. The smallest absolute Gasteiger partial charge is 0.276 e. The molecule has 49 heavy (non-hydrogen) atoms. The summed E-state index contributed by atoms with van der Waals surface area (Å²) < 4.78 is 31.6. The first kappa shape index (κ1) is 33.8. The summed E-state index contributed by atoms with van der Waals surface area (Å²) in [7, 11) is 5.00. The number of nitrogens with zero attached hydrogens (tertiary/aromatic N) is 5. The van der Waals surface area contributed by atoms with Crippen molar-refractivity contribution in [1.82, 2.24) is 25.5 Å². The van der Waals surface area contributed by atoms with Gasteiger partial charge in [-0.1, -0.05) is 62.4 Å². The molecule has 1 aliphatic rings. The van der Waals surface area contributed by atoms with Crippen molar-refractivity contribution in [3.05, 3.63) is 102 Å². The van der Waals surface area contributed by atoms with Crippen molar-refractivity contribution in [3.63, 3.8) is 0 Å². The third kappa shape index (κ3) is 7.48. The first-order valence-electron chi connectivity index (χ1n) is 16.3. The quantitative estimate of drug-likeness (QED) is 0.148. The van der Waals surface area contributed by atoms with Gasteiger partial charge < -0.3 is 29.5 Å². The molecule has 1 saturated carbocycles. The number of ether oxygens (including phenoxy) is 3. The van der Waals surface area contributed by atoms with Crippen LogP contribution in [-0.2, 0) is 6.54 Å². The van der Waals surface area contributed by atoms with Gasteiger partial charge in [0, 0.05) is 36.8 Å². The first-order chi connectivity index (χ1) is 23.7. The van der Waals surface area contributed by atoms with Gasteiger partial charge in [0.1, 0.15) is 17.9 Å². The highest BCUT2D eigenvalue weighted by Gasteiger charge is 2.37. The number of nitrogens with one attached hydrogen (secondary N) is 1. The van der Waals surface area contributed by atoms with Gasteiger partial charge in [-0.15, -0.1) is 10.2 Å². The molecule has 1 aliphatic carbocycles. The lowest BCUT2D eigenvalue weighted by molar-refractivity contribution is 0.160. The highest BCUT2D eigenvalue weighted by Crippen LogP contribution is 2.40. The van der Waals surface area contributed by atoms with Crippen molar-refractivity contribution in [2.75, 3.05) is 26.2 Å². The van der Waals surface area contributed by atoms with Gasteiger partial charge in [-0.05, 0) is 53.6 Å². The molecule has 3 aromatic carbocycles. The molecule has 2 heterocycles. The summed E-state index contributed by atoms with van der Waals surface area (Å²) in [6.07, 6.45) is 3.77. The third-order valence-corrected chi connectivity index (χ3v) is 9.01. The van der Waals surface area contributed by atoms with Crippen LogP contribution in [0.1, 0.15) is 43.7 Å². The summed E-state index contributed by atoms with van der Waals surface area (Å²) >= 11 is 0. The van der Waals surface area contributed by atoms with Crippen LogP contribution >= 0.6 is 0 Å². The first-order valence-corrected chi connectivity index (χ1v) is 16.3. The fraction of sp³-hybridized carbons (Fsp3) is 0.316. The number of anilines is 1. The van der Waals surface area contributed by atoms with Crippen LogP contribution in [0.15, 0.2) is 85.3 Å². The Morgan fingerprint density at radius 2 is 1.71 bits per heavy atom. The van der Waals surface area contributed by atoms with E-state index >= 15 is 0 Å². The van der Waals surface area contributed by atoms with Crippen LogP contribution < -0.4 is 24.4 Å². The number of benzene rings is 3. The second kappa shape index (κ2) is 15.0. The summed E-state index contributed by atoms with van der Waals surface area (Å²) in [6.45, 7) is 4.86. The van der Waals surface area contributed by atoms with Gasteiger partial charge in [0.25, 0.3) is 5.88 Å². The Kier molecular flexibility index (Phi) is 10.3. The Balaban J connectivity index is 1.14. The topological polar surface area (TPSA) is 115 Å². The molecule has 0 bridgehead atoms. The van der Waals surface area contributed by atoms with Crippen LogP contribution in [0.3, 0.4) is 0 Å². The van der Waals surface area contributed by atoms with E-state index in [0.29, 0.717) is 59.6 Å². The summed E-state index contributed by atoms with van der Waals surface area (Å²) in [4.78, 5) is 10.7. The van der Waals surface area contributed by atoms with Gasteiger partial charge in [0.15, 0.2) is 17.3 Å². The standard InChI is InChI=1S/C38H41FN6O4/c1-23(2)28-8-6-7-9-29(28)30-16-26(39)14-15-34(30)49-36-21-40-22-42-37(36)45(3)32-17-27(18-33(32)46)41-20-24-10-12-25(13-11-24)31-19-35(47-4)38(48-5)44-43-31/h6-16,19,21-23,27,32-33,41,46H,17-18,20H2,1-5H3/t27-,32+,33-/m1/s1. The third-order valence-electron chi connectivity index (χ3n) is 9.01. The number of hydrogen-bond acceptors (Lipinski definition) is 10. The molecule has 0 spiro atoms. The Morgan fingerprint density at radius 1 is 0.918 bits per heavy atom. The van der Waals surface area contributed by atoms with Gasteiger partial charge in [-0.2, -0.15) is 0 Å².